The van der Waals surface area contributed by atoms with E-state index in [1.807, 2.05) is 59.5 Å². The lowest BCUT2D eigenvalue weighted by molar-refractivity contribution is 0.0950. The fourth-order valence-electron chi connectivity index (χ4n) is 5.89. The summed E-state index contributed by atoms with van der Waals surface area (Å²) in [6.45, 7) is 0. The SMILES string of the molecule is N#CC1(C#N)[C@H](c2ccccc2F)[C@@H](C(=O)c2ccccc2)N2c3ccc4ccccc4c3C=C[C@@H]21. The molecule has 0 aliphatic carbocycles. The van der Waals surface area contributed by atoms with E-state index in [1.165, 1.54) is 6.07 Å². The minimum atomic E-state index is -1.68. The fourth-order valence-corrected chi connectivity index (χ4v) is 5.89. The van der Waals surface area contributed by atoms with Crippen molar-refractivity contribution in [2.24, 2.45) is 5.41 Å². The molecule has 2 heterocycles. The molecule has 0 radical (unpaired) electrons. The number of fused-ring (bicyclic) bond motifs is 5. The molecule has 0 bridgehead atoms. The Hall–Kier alpha value is -4.74. The van der Waals surface area contributed by atoms with Crippen molar-refractivity contribution >= 4 is 28.3 Å². The Morgan fingerprint density at radius 2 is 1.56 bits per heavy atom. The van der Waals surface area contributed by atoms with Crippen molar-refractivity contribution in [1.29, 1.82) is 10.5 Å². The van der Waals surface area contributed by atoms with Gasteiger partial charge < -0.3 is 4.90 Å². The Morgan fingerprint density at radius 3 is 2.31 bits per heavy atom. The summed E-state index contributed by atoms with van der Waals surface area (Å²) in [5.41, 5.74) is 0.626. The Morgan fingerprint density at radius 1 is 0.861 bits per heavy atom. The van der Waals surface area contributed by atoms with E-state index in [9.17, 15) is 15.3 Å². The van der Waals surface area contributed by atoms with E-state index in [0.29, 0.717) is 5.56 Å². The van der Waals surface area contributed by atoms with Crippen LogP contribution >= 0.6 is 0 Å². The summed E-state index contributed by atoms with van der Waals surface area (Å²) in [7, 11) is 0. The highest BCUT2D eigenvalue weighted by Gasteiger charge is 2.63. The summed E-state index contributed by atoms with van der Waals surface area (Å²) < 4.78 is 15.3. The minimum Gasteiger partial charge on any atom is -0.351 e. The van der Waals surface area contributed by atoms with Crippen LogP contribution in [0.15, 0.2) is 97.1 Å². The zero-order chi connectivity index (χ0) is 24.9. The van der Waals surface area contributed by atoms with Gasteiger partial charge in [0.15, 0.2) is 11.2 Å². The molecule has 4 aromatic carbocycles. The number of nitriles is 2. The van der Waals surface area contributed by atoms with Crippen LogP contribution in [0.1, 0.15) is 27.4 Å². The van der Waals surface area contributed by atoms with Crippen molar-refractivity contribution in [3.8, 4) is 12.1 Å². The van der Waals surface area contributed by atoms with Gasteiger partial charge >= 0.3 is 0 Å². The first-order chi connectivity index (χ1) is 17.6. The maximum Gasteiger partial charge on any atom is 0.185 e. The van der Waals surface area contributed by atoms with E-state index < -0.39 is 29.2 Å². The number of nitrogens with zero attached hydrogens (tertiary/aromatic N) is 3. The number of carbonyl (C=O) groups excluding carboxylic acids is 1. The van der Waals surface area contributed by atoms with Crippen molar-refractivity contribution in [2.45, 2.75) is 18.0 Å². The highest BCUT2D eigenvalue weighted by Crippen LogP contribution is 2.56. The van der Waals surface area contributed by atoms with E-state index in [0.717, 1.165) is 22.0 Å². The Labute approximate surface area is 208 Å². The smallest absolute Gasteiger partial charge is 0.185 e. The molecule has 1 fully saturated rings. The van der Waals surface area contributed by atoms with Gasteiger partial charge in [0.1, 0.15) is 11.9 Å². The number of hydrogen-bond acceptors (Lipinski definition) is 4. The second-order valence-electron chi connectivity index (χ2n) is 9.20. The number of rotatable bonds is 3. The number of hydrogen-bond donors (Lipinski definition) is 0. The molecule has 0 spiro atoms. The quantitative estimate of drug-likeness (QED) is 0.332. The van der Waals surface area contributed by atoms with E-state index in [4.69, 9.17) is 0 Å². The van der Waals surface area contributed by atoms with Crippen LogP contribution in [-0.2, 0) is 0 Å². The molecule has 0 amide bonds. The lowest BCUT2D eigenvalue weighted by atomic mass is 9.69. The van der Waals surface area contributed by atoms with Crippen LogP contribution in [0.5, 0.6) is 0 Å². The summed E-state index contributed by atoms with van der Waals surface area (Å²) in [4.78, 5) is 16.1. The first-order valence-corrected chi connectivity index (χ1v) is 11.7. The molecule has 1 saturated heterocycles. The van der Waals surface area contributed by atoms with Crippen molar-refractivity contribution in [3.63, 3.8) is 0 Å². The van der Waals surface area contributed by atoms with E-state index in [1.54, 1.807) is 42.5 Å². The number of halogens is 1. The van der Waals surface area contributed by atoms with Gasteiger partial charge in [-0.25, -0.2) is 4.39 Å². The number of carbonyl (C=O) groups is 1. The largest absolute Gasteiger partial charge is 0.351 e. The molecule has 0 aromatic heterocycles. The van der Waals surface area contributed by atoms with E-state index in [-0.39, 0.29) is 11.3 Å². The molecule has 172 valence electrons. The second-order valence-corrected chi connectivity index (χ2v) is 9.20. The molecule has 3 atom stereocenters. The molecule has 0 N–H and O–H groups in total. The van der Waals surface area contributed by atoms with E-state index in [2.05, 4.69) is 12.1 Å². The van der Waals surface area contributed by atoms with Crippen molar-refractivity contribution in [1.82, 2.24) is 0 Å². The summed E-state index contributed by atoms with van der Waals surface area (Å²) in [5.74, 6) is -1.80. The summed E-state index contributed by atoms with van der Waals surface area (Å²) in [5, 5.41) is 23.0. The summed E-state index contributed by atoms with van der Waals surface area (Å²) in [6.07, 6.45) is 3.75. The predicted octanol–water partition coefficient (Wildman–Crippen LogP) is 6.26. The first kappa shape index (κ1) is 21.8. The average molecular weight is 470 g/mol. The third-order valence-corrected chi connectivity index (χ3v) is 7.48. The fraction of sp³-hybridized carbons (Fsp3) is 0.129. The summed E-state index contributed by atoms with van der Waals surface area (Å²) in [6, 6.07) is 29.6. The van der Waals surface area contributed by atoms with Crippen LogP contribution in [0.2, 0.25) is 0 Å². The molecule has 5 heteroatoms. The van der Waals surface area contributed by atoms with Crippen molar-refractivity contribution in [3.05, 3.63) is 120 Å². The van der Waals surface area contributed by atoms with Crippen LogP contribution in [0.25, 0.3) is 16.8 Å². The van der Waals surface area contributed by atoms with Crippen LogP contribution in [0.3, 0.4) is 0 Å². The van der Waals surface area contributed by atoms with Gasteiger partial charge in [0.2, 0.25) is 0 Å². The zero-order valence-electron chi connectivity index (χ0n) is 19.2. The first-order valence-electron chi connectivity index (χ1n) is 11.7. The molecule has 2 aliphatic heterocycles. The van der Waals surface area contributed by atoms with Gasteiger partial charge in [0, 0.05) is 22.7 Å². The molecule has 4 aromatic rings. The normalized spacial score (nSPS) is 21.3. The molecule has 0 saturated carbocycles. The van der Waals surface area contributed by atoms with Crippen LogP contribution < -0.4 is 4.90 Å². The van der Waals surface area contributed by atoms with Gasteiger partial charge in [-0.1, -0.05) is 91.0 Å². The predicted molar refractivity (Wildman–Crippen MR) is 137 cm³/mol. The lowest BCUT2D eigenvalue weighted by Gasteiger charge is -2.36. The lowest BCUT2D eigenvalue weighted by Crippen LogP contribution is -2.44. The maximum atomic E-state index is 15.3. The highest BCUT2D eigenvalue weighted by atomic mass is 19.1. The minimum absolute atomic E-state index is 0.194. The van der Waals surface area contributed by atoms with Crippen LogP contribution in [-0.4, -0.2) is 17.9 Å². The topological polar surface area (TPSA) is 67.9 Å². The zero-order valence-corrected chi connectivity index (χ0v) is 19.2. The van der Waals surface area contributed by atoms with Gasteiger partial charge in [-0.15, -0.1) is 0 Å². The molecule has 6 rings (SSSR count). The second kappa shape index (κ2) is 8.18. The van der Waals surface area contributed by atoms with Gasteiger partial charge in [-0.3, -0.25) is 4.79 Å². The number of benzene rings is 4. The molecular weight excluding hydrogens is 449 g/mol. The highest BCUT2D eigenvalue weighted by molar-refractivity contribution is 6.06. The average Bonchev–Trinajstić information content (AvgIpc) is 3.24. The molecule has 36 heavy (non-hydrogen) atoms. The van der Waals surface area contributed by atoms with Gasteiger partial charge in [0.05, 0.1) is 18.2 Å². The monoisotopic (exact) mass is 469 g/mol. The van der Waals surface area contributed by atoms with Gasteiger partial charge in [0.25, 0.3) is 0 Å². The number of Topliss-reactive ketones (excluding diaryl/α,β-unsaturated/α-hetero) is 1. The molecular formula is C31H20FN3O. The molecule has 2 aliphatic rings. The van der Waals surface area contributed by atoms with E-state index >= 15 is 4.39 Å². The number of anilines is 1. The van der Waals surface area contributed by atoms with Crippen LogP contribution in [0, 0.1) is 33.9 Å². The molecule has 4 nitrogen and oxygen atoms in total. The van der Waals surface area contributed by atoms with Crippen molar-refractivity contribution < 1.29 is 9.18 Å². The Balaban J connectivity index is 1.67. The van der Waals surface area contributed by atoms with Crippen LogP contribution in [0.4, 0.5) is 10.1 Å². The summed E-state index contributed by atoms with van der Waals surface area (Å²) >= 11 is 0. The Bertz CT molecular complexity index is 1620. The Kier molecular flexibility index (Phi) is 4.95. The third-order valence-electron chi connectivity index (χ3n) is 7.48. The standard InChI is InChI=1S/C31H20FN3O/c32-25-13-7-6-12-24(25)28-29(30(36)21-9-2-1-3-10-21)35-26-16-14-20-8-4-5-11-22(20)23(26)15-17-27(35)31(28,18-33)19-34/h1-17,27-29H/t27-,28-,29+/m1/s1. The third kappa shape index (κ3) is 2.93. The number of ketones is 1. The van der Waals surface area contributed by atoms with Gasteiger partial charge in [-0.2, -0.15) is 10.5 Å². The maximum absolute atomic E-state index is 15.3. The van der Waals surface area contributed by atoms with Gasteiger partial charge in [-0.05, 0) is 28.5 Å². The molecule has 0 unspecified atom stereocenters. The van der Waals surface area contributed by atoms with Crippen molar-refractivity contribution in [2.75, 3.05) is 4.90 Å².